The van der Waals surface area contributed by atoms with Gasteiger partial charge in [0.1, 0.15) is 5.69 Å². The Hall–Kier alpha value is -4.27. The topological polar surface area (TPSA) is 173 Å². The molecule has 0 saturated carbocycles. The molecule has 4 rings (SSSR count). The van der Waals surface area contributed by atoms with Crippen LogP contribution in [0, 0.1) is 6.92 Å². The van der Waals surface area contributed by atoms with Gasteiger partial charge in [-0.15, -0.1) is 0 Å². The number of hydrogen-bond acceptors (Lipinski definition) is 10. The number of methoxy groups -OCH3 is 1. The highest BCUT2D eigenvalue weighted by molar-refractivity contribution is 7.92. The molecule has 1 amide bonds. The minimum atomic E-state index is -3.61. The van der Waals surface area contributed by atoms with Gasteiger partial charge in [-0.1, -0.05) is 26.8 Å². The van der Waals surface area contributed by atoms with Gasteiger partial charge in [0.2, 0.25) is 16.0 Å². The second-order valence-electron chi connectivity index (χ2n) is 12.0. The maximum absolute atomic E-state index is 13.5. The van der Waals surface area contributed by atoms with E-state index in [-0.39, 0.29) is 16.9 Å². The van der Waals surface area contributed by atoms with Crippen molar-refractivity contribution >= 4 is 44.6 Å². The van der Waals surface area contributed by atoms with Gasteiger partial charge >= 0.3 is 0 Å². The fourth-order valence-corrected chi connectivity index (χ4v) is 5.46. The fourth-order valence-electron chi connectivity index (χ4n) is 4.91. The summed E-state index contributed by atoms with van der Waals surface area (Å²) in [5.74, 6) is 7.03. The van der Waals surface area contributed by atoms with E-state index < -0.39 is 15.9 Å². The van der Waals surface area contributed by atoms with Crippen molar-refractivity contribution in [3.05, 3.63) is 65.1 Å². The monoisotopic (exact) mass is 625 g/mol. The molecule has 13 nitrogen and oxygen atoms in total. The zero-order valence-corrected chi connectivity index (χ0v) is 27.2. The molecule has 0 spiro atoms. The number of piperazine rings is 1. The predicted octanol–water partition coefficient (Wildman–Crippen LogP) is 2.71. The van der Waals surface area contributed by atoms with Crippen LogP contribution in [-0.4, -0.2) is 63.4 Å². The van der Waals surface area contributed by atoms with Crippen molar-refractivity contribution in [2.24, 2.45) is 18.6 Å². The quantitative estimate of drug-likeness (QED) is 0.176. The van der Waals surface area contributed by atoms with E-state index in [0.717, 1.165) is 49.5 Å². The van der Waals surface area contributed by atoms with E-state index in [0.29, 0.717) is 28.3 Å². The number of nitrogens with one attached hydrogen (secondary N) is 3. The van der Waals surface area contributed by atoms with Crippen LogP contribution in [0.25, 0.3) is 5.70 Å². The largest absolute Gasteiger partial charge is 0.492 e. The number of rotatable bonds is 9. The number of benzene rings is 2. The van der Waals surface area contributed by atoms with Crippen molar-refractivity contribution in [1.29, 1.82) is 0 Å². The molecular formula is C30H43N9O4S. The average Bonchev–Trinajstić information content (AvgIpc) is 3.34. The van der Waals surface area contributed by atoms with E-state index in [2.05, 4.69) is 20.3 Å². The summed E-state index contributed by atoms with van der Waals surface area (Å²) in [5, 5.41) is 7.60. The van der Waals surface area contributed by atoms with Crippen LogP contribution in [0.5, 0.6) is 5.75 Å². The van der Waals surface area contributed by atoms with Crippen molar-refractivity contribution in [3.8, 4) is 5.75 Å². The van der Waals surface area contributed by atoms with Gasteiger partial charge in [-0.25, -0.2) is 19.2 Å². The Kier molecular flexibility index (Phi) is 9.47. The molecule has 0 aliphatic carbocycles. The molecule has 2 aromatic carbocycles. The Balaban J connectivity index is 1.62. The SMILES string of the molecule is COc1c(NC(=O)c2ccc(C)c(N(N)/C=C(\N)c3cn(C)c(N4CCNCC4)n3)c2)cc(C(C)(C)C)cc1NS(C)(=O)=O. The lowest BCUT2D eigenvalue weighted by molar-refractivity contribution is 0.102. The number of nitrogens with zero attached hydrogens (tertiary/aromatic N) is 4. The van der Waals surface area contributed by atoms with Gasteiger partial charge in [0, 0.05) is 51.2 Å². The fraction of sp³-hybridized carbons (Fsp3) is 0.400. The Bertz CT molecular complexity index is 1670. The number of sulfonamides is 1. The predicted molar refractivity (Wildman–Crippen MR) is 176 cm³/mol. The van der Waals surface area contributed by atoms with Gasteiger partial charge in [-0.2, -0.15) is 0 Å². The van der Waals surface area contributed by atoms with Crippen LogP contribution >= 0.6 is 0 Å². The lowest BCUT2D eigenvalue weighted by Crippen LogP contribution is -2.44. The highest BCUT2D eigenvalue weighted by Crippen LogP contribution is 2.39. The summed E-state index contributed by atoms with van der Waals surface area (Å²) >= 11 is 0. The lowest BCUT2D eigenvalue weighted by atomic mass is 9.86. The van der Waals surface area contributed by atoms with Gasteiger partial charge in [-0.3, -0.25) is 14.5 Å². The molecule has 14 heteroatoms. The van der Waals surface area contributed by atoms with Gasteiger partial charge in [-0.05, 0) is 47.7 Å². The average molecular weight is 626 g/mol. The first-order valence-electron chi connectivity index (χ1n) is 14.2. The molecule has 0 unspecified atom stereocenters. The molecule has 238 valence electrons. The summed E-state index contributed by atoms with van der Waals surface area (Å²) in [4.78, 5) is 20.5. The van der Waals surface area contributed by atoms with Crippen LogP contribution in [-0.2, 0) is 22.5 Å². The Labute approximate surface area is 259 Å². The van der Waals surface area contributed by atoms with E-state index in [4.69, 9.17) is 21.3 Å². The third kappa shape index (κ3) is 7.62. The minimum absolute atomic E-state index is 0.191. The highest BCUT2D eigenvalue weighted by atomic mass is 32.2. The molecule has 44 heavy (non-hydrogen) atoms. The number of imidazole rings is 1. The van der Waals surface area contributed by atoms with Crippen molar-refractivity contribution in [2.75, 3.05) is 59.5 Å². The van der Waals surface area contributed by atoms with Crippen LogP contribution in [0.15, 0.2) is 42.7 Å². The number of hydrazine groups is 1. The van der Waals surface area contributed by atoms with E-state index in [1.165, 1.54) is 12.1 Å². The second kappa shape index (κ2) is 12.8. The summed E-state index contributed by atoms with van der Waals surface area (Å²) in [6.45, 7) is 11.3. The van der Waals surface area contributed by atoms with Crippen molar-refractivity contribution in [3.63, 3.8) is 0 Å². The maximum Gasteiger partial charge on any atom is 0.255 e. The molecule has 2 heterocycles. The number of anilines is 4. The van der Waals surface area contributed by atoms with Crippen LogP contribution < -0.4 is 41.6 Å². The van der Waals surface area contributed by atoms with Crippen LogP contribution in [0.4, 0.5) is 23.0 Å². The van der Waals surface area contributed by atoms with Crippen molar-refractivity contribution < 1.29 is 17.9 Å². The molecule has 1 fully saturated rings. The molecular weight excluding hydrogens is 582 g/mol. The zero-order chi connectivity index (χ0) is 32.4. The highest BCUT2D eigenvalue weighted by Gasteiger charge is 2.23. The minimum Gasteiger partial charge on any atom is -0.492 e. The molecule has 0 radical (unpaired) electrons. The molecule has 0 atom stereocenters. The van der Waals surface area contributed by atoms with Crippen LogP contribution in [0.3, 0.4) is 0 Å². The van der Waals surface area contributed by atoms with Gasteiger partial charge in [0.25, 0.3) is 5.91 Å². The van der Waals surface area contributed by atoms with Crippen LogP contribution in [0.1, 0.15) is 48.0 Å². The summed E-state index contributed by atoms with van der Waals surface area (Å²) in [7, 11) is -0.271. The van der Waals surface area contributed by atoms with E-state index in [1.807, 2.05) is 45.5 Å². The first-order chi connectivity index (χ1) is 20.6. The molecule has 3 aromatic rings. The number of carbonyl (C=O) groups excluding carboxylic acids is 1. The van der Waals surface area contributed by atoms with E-state index in [9.17, 15) is 13.2 Å². The molecule has 7 N–H and O–H groups in total. The lowest BCUT2D eigenvalue weighted by Gasteiger charge is -2.28. The summed E-state index contributed by atoms with van der Waals surface area (Å²) in [6.07, 6.45) is 4.49. The number of aryl methyl sites for hydroxylation is 2. The molecule has 0 bridgehead atoms. The Morgan fingerprint density at radius 3 is 2.43 bits per heavy atom. The Morgan fingerprint density at radius 1 is 1.16 bits per heavy atom. The standard InChI is InChI=1S/C30H43N9O4S/c1-19-8-9-20(28(40)34-23-15-21(30(2,3)4)16-24(27(23)43-6)36-44(7,41)42)14-26(19)39(32)17-22(31)25-18-37(5)29(35-25)38-12-10-33-11-13-38/h8-9,14-18,33,36H,10-13,31-32H2,1-7H3,(H,34,40)/b22-17-. The number of nitrogens with two attached hydrogens (primary N) is 2. The first-order valence-corrected chi connectivity index (χ1v) is 16.1. The number of hydrogen-bond donors (Lipinski definition) is 5. The van der Waals surface area contributed by atoms with Crippen molar-refractivity contribution in [1.82, 2.24) is 14.9 Å². The maximum atomic E-state index is 13.5. The summed E-state index contributed by atoms with van der Waals surface area (Å²) in [6, 6.07) is 8.62. The van der Waals surface area contributed by atoms with E-state index >= 15 is 0 Å². The number of carbonyl (C=O) groups is 1. The Morgan fingerprint density at radius 2 is 1.82 bits per heavy atom. The molecule has 1 aromatic heterocycles. The van der Waals surface area contributed by atoms with Gasteiger partial charge in [0.05, 0.1) is 36.1 Å². The number of aromatic nitrogens is 2. The van der Waals surface area contributed by atoms with E-state index in [1.54, 1.807) is 36.5 Å². The number of amides is 1. The summed E-state index contributed by atoms with van der Waals surface area (Å²) in [5.41, 5.74) is 10.1. The molecule has 1 saturated heterocycles. The number of ether oxygens (including phenoxy) is 1. The normalized spacial score (nSPS) is 14.4. The molecule has 1 aliphatic rings. The third-order valence-electron chi connectivity index (χ3n) is 7.28. The second-order valence-corrected chi connectivity index (χ2v) is 13.7. The van der Waals surface area contributed by atoms with Crippen LogP contribution in [0.2, 0.25) is 0 Å². The van der Waals surface area contributed by atoms with Gasteiger partial charge < -0.3 is 30.6 Å². The first kappa shape index (κ1) is 32.6. The molecule has 1 aliphatic heterocycles. The van der Waals surface area contributed by atoms with Gasteiger partial charge in [0.15, 0.2) is 5.75 Å². The smallest absolute Gasteiger partial charge is 0.255 e. The zero-order valence-electron chi connectivity index (χ0n) is 26.4. The summed E-state index contributed by atoms with van der Waals surface area (Å²) < 4.78 is 34.1. The third-order valence-corrected chi connectivity index (χ3v) is 7.87. The van der Waals surface area contributed by atoms with Crippen molar-refractivity contribution in [2.45, 2.75) is 33.1 Å².